The molecular formula is C16H18FNO2S2. The highest BCUT2D eigenvalue weighted by molar-refractivity contribution is 7.98. The van der Waals surface area contributed by atoms with Crippen molar-refractivity contribution in [2.75, 3.05) is 12.3 Å². The lowest BCUT2D eigenvalue weighted by molar-refractivity contribution is 0.579. The second kappa shape index (κ2) is 7.76. The minimum atomic E-state index is -3.65. The molecule has 0 aliphatic heterocycles. The van der Waals surface area contributed by atoms with Crippen LogP contribution >= 0.6 is 11.8 Å². The van der Waals surface area contributed by atoms with Crippen LogP contribution < -0.4 is 4.72 Å². The minimum absolute atomic E-state index is 0.0383. The van der Waals surface area contributed by atoms with Crippen LogP contribution in [-0.4, -0.2) is 20.7 Å². The van der Waals surface area contributed by atoms with Crippen molar-refractivity contribution in [1.82, 2.24) is 4.72 Å². The first-order valence-corrected chi connectivity index (χ1v) is 9.50. The van der Waals surface area contributed by atoms with Gasteiger partial charge in [-0.2, -0.15) is 11.8 Å². The summed E-state index contributed by atoms with van der Waals surface area (Å²) in [7, 11) is -3.65. The number of sulfonamides is 1. The van der Waals surface area contributed by atoms with E-state index in [2.05, 4.69) is 4.72 Å². The van der Waals surface area contributed by atoms with Gasteiger partial charge < -0.3 is 0 Å². The van der Waals surface area contributed by atoms with Crippen molar-refractivity contribution in [2.24, 2.45) is 0 Å². The van der Waals surface area contributed by atoms with E-state index in [4.69, 9.17) is 0 Å². The van der Waals surface area contributed by atoms with Crippen LogP contribution in [0.25, 0.3) is 0 Å². The van der Waals surface area contributed by atoms with Gasteiger partial charge in [-0.25, -0.2) is 17.5 Å². The van der Waals surface area contributed by atoms with E-state index >= 15 is 0 Å². The summed E-state index contributed by atoms with van der Waals surface area (Å²) in [5.41, 5.74) is 1.63. The van der Waals surface area contributed by atoms with Crippen molar-refractivity contribution in [3.05, 3.63) is 65.5 Å². The maximum Gasteiger partial charge on any atom is 0.240 e. The summed E-state index contributed by atoms with van der Waals surface area (Å²) in [5, 5.41) is 0. The van der Waals surface area contributed by atoms with Gasteiger partial charge in [-0.3, -0.25) is 0 Å². The predicted molar refractivity (Wildman–Crippen MR) is 88.9 cm³/mol. The zero-order valence-corrected chi connectivity index (χ0v) is 13.9. The molecule has 0 unspecified atom stereocenters. The molecule has 2 aromatic rings. The van der Waals surface area contributed by atoms with Gasteiger partial charge in [0.25, 0.3) is 0 Å². The highest BCUT2D eigenvalue weighted by Crippen LogP contribution is 2.15. The highest BCUT2D eigenvalue weighted by atomic mass is 32.2. The van der Waals surface area contributed by atoms with Crippen molar-refractivity contribution in [3.8, 4) is 0 Å². The molecule has 2 rings (SSSR count). The molecule has 0 heterocycles. The topological polar surface area (TPSA) is 46.2 Å². The van der Waals surface area contributed by atoms with Crippen molar-refractivity contribution in [3.63, 3.8) is 0 Å². The van der Waals surface area contributed by atoms with Gasteiger partial charge in [0.1, 0.15) is 5.82 Å². The van der Waals surface area contributed by atoms with Gasteiger partial charge in [-0.15, -0.1) is 0 Å². The number of nitrogens with one attached hydrogen (secondary N) is 1. The van der Waals surface area contributed by atoms with Gasteiger partial charge in [-0.1, -0.05) is 36.4 Å². The molecule has 3 nitrogen and oxygen atoms in total. The third kappa shape index (κ3) is 4.83. The molecule has 0 radical (unpaired) electrons. The molecule has 0 atom stereocenters. The Morgan fingerprint density at radius 1 is 1.14 bits per heavy atom. The Balaban J connectivity index is 1.81. The summed E-state index contributed by atoms with van der Waals surface area (Å²) in [5.74, 6) is 0.978. The molecule has 0 amide bonds. The molecule has 118 valence electrons. The number of benzene rings is 2. The first kappa shape index (κ1) is 17.0. The molecule has 0 saturated carbocycles. The lowest BCUT2D eigenvalue weighted by atomic mass is 10.2. The van der Waals surface area contributed by atoms with E-state index in [-0.39, 0.29) is 4.90 Å². The van der Waals surface area contributed by atoms with Crippen LogP contribution in [0.5, 0.6) is 0 Å². The standard InChI is InChI=1S/C16H18FNO2S2/c1-13-7-8-15(11-16(13)17)22(19,20)18-9-10-21-12-14-5-3-2-4-6-14/h2-8,11,18H,9-10,12H2,1H3. The average Bonchev–Trinajstić information content (AvgIpc) is 2.50. The summed E-state index contributed by atoms with van der Waals surface area (Å²) in [6, 6.07) is 13.9. The van der Waals surface area contributed by atoms with Crippen molar-refractivity contribution in [1.29, 1.82) is 0 Å². The van der Waals surface area contributed by atoms with Gasteiger partial charge in [0.05, 0.1) is 4.90 Å². The van der Waals surface area contributed by atoms with Gasteiger partial charge in [0, 0.05) is 18.1 Å². The molecule has 0 aliphatic rings. The molecule has 2 aromatic carbocycles. The van der Waals surface area contributed by atoms with Crippen LogP contribution in [0.15, 0.2) is 53.4 Å². The molecule has 0 fully saturated rings. The van der Waals surface area contributed by atoms with E-state index < -0.39 is 15.8 Å². The minimum Gasteiger partial charge on any atom is -0.210 e. The fourth-order valence-electron chi connectivity index (χ4n) is 1.84. The summed E-state index contributed by atoms with van der Waals surface area (Å²) in [6.07, 6.45) is 0. The molecule has 0 aliphatic carbocycles. The fraction of sp³-hybridized carbons (Fsp3) is 0.250. The van der Waals surface area contributed by atoms with E-state index in [0.717, 1.165) is 11.8 Å². The first-order valence-electron chi connectivity index (χ1n) is 6.86. The highest BCUT2D eigenvalue weighted by Gasteiger charge is 2.14. The molecule has 22 heavy (non-hydrogen) atoms. The van der Waals surface area contributed by atoms with Crippen LogP contribution in [-0.2, 0) is 15.8 Å². The lowest BCUT2D eigenvalue weighted by Crippen LogP contribution is -2.26. The number of halogens is 1. The zero-order valence-electron chi connectivity index (χ0n) is 12.3. The van der Waals surface area contributed by atoms with E-state index in [0.29, 0.717) is 17.9 Å². The van der Waals surface area contributed by atoms with Crippen LogP contribution in [0.4, 0.5) is 4.39 Å². The largest absolute Gasteiger partial charge is 0.240 e. The summed E-state index contributed by atoms with van der Waals surface area (Å²) < 4.78 is 40.0. The van der Waals surface area contributed by atoms with Crippen molar-refractivity contribution in [2.45, 2.75) is 17.6 Å². The molecular weight excluding hydrogens is 321 g/mol. The van der Waals surface area contributed by atoms with Crippen LogP contribution in [0.1, 0.15) is 11.1 Å². The number of thioether (sulfide) groups is 1. The number of hydrogen-bond acceptors (Lipinski definition) is 3. The molecule has 6 heteroatoms. The van der Waals surface area contributed by atoms with E-state index in [1.54, 1.807) is 18.7 Å². The van der Waals surface area contributed by atoms with Crippen molar-refractivity contribution >= 4 is 21.8 Å². The summed E-state index contributed by atoms with van der Waals surface area (Å²) in [4.78, 5) is -0.0383. The van der Waals surface area contributed by atoms with Crippen molar-refractivity contribution < 1.29 is 12.8 Å². The van der Waals surface area contributed by atoms with Gasteiger partial charge in [0.15, 0.2) is 0 Å². The second-order valence-corrected chi connectivity index (χ2v) is 7.72. The van der Waals surface area contributed by atoms with Crippen LogP contribution in [0, 0.1) is 12.7 Å². The maximum atomic E-state index is 13.4. The van der Waals surface area contributed by atoms with E-state index in [1.807, 2.05) is 30.3 Å². The Morgan fingerprint density at radius 2 is 1.86 bits per heavy atom. The molecule has 0 bridgehead atoms. The third-order valence-corrected chi connectivity index (χ3v) is 5.59. The number of rotatable bonds is 7. The Labute approximate surface area is 135 Å². The van der Waals surface area contributed by atoms with Gasteiger partial charge >= 0.3 is 0 Å². The van der Waals surface area contributed by atoms with Crippen LogP contribution in [0.2, 0.25) is 0 Å². The average molecular weight is 339 g/mol. The molecule has 0 aromatic heterocycles. The zero-order chi connectivity index (χ0) is 16.0. The van der Waals surface area contributed by atoms with Gasteiger partial charge in [0.2, 0.25) is 10.0 Å². The van der Waals surface area contributed by atoms with E-state index in [1.165, 1.54) is 17.7 Å². The molecule has 1 N–H and O–H groups in total. The summed E-state index contributed by atoms with van der Waals surface area (Å²) >= 11 is 1.65. The fourth-order valence-corrected chi connectivity index (χ4v) is 3.83. The number of hydrogen-bond donors (Lipinski definition) is 1. The second-order valence-electron chi connectivity index (χ2n) is 4.85. The lowest BCUT2D eigenvalue weighted by Gasteiger charge is -2.07. The van der Waals surface area contributed by atoms with E-state index in [9.17, 15) is 12.8 Å². The smallest absolute Gasteiger partial charge is 0.210 e. The number of aryl methyl sites for hydroxylation is 1. The molecule has 0 saturated heterocycles. The monoisotopic (exact) mass is 339 g/mol. The Hall–Kier alpha value is -1.37. The Bertz CT molecular complexity index is 718. The quantitative estimate of drug-likeness (QED) is 0.787. The maximum absolute atomic E-state index is 13.4. The predicted octanol–water partition coefficient (Wildman–Crippen LogP) is 3.35. The Morgan fingerprint density at radius 3 is 2.55 bits per heavy atom. The SMILES string of the molecule is Cc1ccc(S(=O)(=O)NCCSCc2ccccc2)cc1F. The normalized spacial score (nSPS) is 11.5. The van der Waals surface area contributed by atoms with Gasteiger partial charge in [-0.05, 0) is 30.2 Å². The van der Waals surface area contributed by atoms with Crippen LogP contribution in [0.3, 0.4) is 0 Å². The molecule has 0 spiro atoms. The third-order valence-electron chi connectivity index (χ3n) is 3.10. The summed E-state index contributed by atoms with van der Waals surface area (Å²) in [6.45, 7) is 1.91. The Kier molecular flexibility index (Phi) is 5.99. The first-order chi connectivity index (χ1) is 10.5.